The third-order valence-electron chi connectivity index (χ3n) is 14.2. The number of hydrogen-bond acceptors (Lipinski definition) is 4. The van der Waals surface area contributed by atoms with Crippen molar-refractivity contribution >= 4 is 72.5 Å². The maximum absolute atomic E-state index is 7.33. The first-order valence-corrected chi connectivity index (χ1v) is 23.2. The van der Waals surface area contributed by atoms with E-state index in [0.717, 1.165) is 64.7 Å². The summed E-state index contributed by atoms with van der Waals surface area (Å²) in [6, 6.07) is 54.6. The maximum Gasteiger partial charge on any atom is 0.162 e. The van der Waals surface area contributed by atoms with E-state index in [-0.39, 0.29) is 0 Å². The van der Waals surface area contributed by atoms with Gasteiger partial charge >= 0.3 is 0 Å². The molecule has 0 unspecified atom stereocenters. The highest BCUT2D eigenvalue weighted by Crippen LogP contribution is 2.50. The van der Waals surface area contributed by atoms with Crippen molar-refractivity contribution < 1.29 is 8.83 Å². The van der Waals surface area contributed by atoms with Crippen LogP contribution < -0.4 is 9.80 Å². The minimum Gasteiger partial charge on any atom is -0.458 e. The number of anilines is 4. The average molecular weight is 809 g/mol. The van der Waals surface area contributed by atoms with Crippen molar-refractivity contribution in [3.05, 3.63) is 163 Å². The molecule has 7 aromatic carbocycles. The summed E-state index contributed by atoms with van der Waals surface area (Å²) in [5, 5.41) is 5.94. The molecule has 0 N–H and O–H groups in total. The summed E-state index contributed by atoms with van der Waals surface area (Å²) >= 11 is 0. The molecule has 2 fully saturated rings. The fraction of sp³-hybridized carbons (Fsp3) is 0.241. The Morgan fingerprint density at radius 2 is 1.03 bits per heavy atom. The minimum atomic E-state index is 0.328. The third kappa shape index (κ3) is 6.50. The van der Waals surface area contributed by atoms with Gasteiger partial charge in [0.05, 0.1) is 0 Å². The molecule has 0 spiro atoms. The van der Waals surface area contributed by atoms with E-state index in [0.29, 0.717) is 12.1 Å². The summed E-state index contributed by atoms with van der Waals surface area (Å²) < 4.78 is 14.4. The molecule has 0 aliphatic heterocycles. The van der Waals surface area contributed by atoms with E-state index in [9.17, 15) is 0 Å². The van der Waals surface area contributed by atoms with Gasteiger partial charge in [-0.25, -0.2) is 0 Å². The molecule has 306 valence electrons. The Bertz CT molecular complexity index is 3070. The number of furan rings is 2. The van der Waals surface area contributed by atoms with Gasteiger partial charge < -0.3 is 18.6 Å². The van der Waals surface area contributed by atoms with Crippen molar-refractivity contribution in [2.24, 2.45) is 0 Å². The van der Waals surface area contributed by atoms with Crippen LogP contribution in [0.5, 0.6) is 0 Å². The van der Waals surface area contributed by atoms with Crippen LogP contribution in [0.2, 0.25) is 0 Å². The predicted octanol–water partition coefficient (Wildman–Crippen LogP) is 16.7. The van der Waals surface area contributed by atoms with Gasteiger partial charge in [-0.05, 0) is 108 Å². The van der Waals surface area contributed by atoms with Gasteiger partial charge in [0.25, 0.3) is 0 Å². The van der Waals surface area contributed by atoms with Crippen LogP contribution in [0.3, 0.4) is 0 Å². The molecule has 2 aromatic heterocycles. The molecule has 62 heavy (non-hydrogen) atoms. The van der Waals surface area contributed by atoms with Crippen molar-refractivity contribution in [2.45, 2.75) is 89.1 Å². The maximum atomic E-state index is 7.33. The lowest BCUT2D eigenvalue weighted by atomic mass is 9.92. The molecule has 9 aromatic rings. The zero-order chi connectivity index (χ0) is 41.0. The third-order valence-corrected chi connectivity index (χ3v) is 14.2. The zero-order valence-corrected chi connectivity index (χ0v) is 35.4. The van der Waals surface area contributed by atoms with E-state index in [2.05, 4.69) is 168 Å². The molecule has 0 saturated heterocycles. The molecule has 0 radical (unpaired) electrons. The normalized spacial score (nSPS) is 16.1. The highest BCUT2D eigenvalue weighted by molar-refractivity contribution is 6.21. The molecule has 0 atom stereocenters. The van der Waals surface area contributed by atoms with Crippen LogP contribution in [0.15, 0.2) is 161 Å². The standard InChI is InChI=1S/C58H52N2O2/c1-5-16-39(17-6-1)41-28-32-46(33-29-41)59(44-21-9-3-10-22-44)53-26-15-20-43-36-50-52-37-51-48-25-13-14-27-54(48)61-57(51)56(58(52)62-55(50)38-49(43)53)60(45-23-11-4-12-24-45)47-34-30-42(31-35-47)40-18-7-2-8-19-40/h1-2,5-8,13,15-20,25-26,28-38,44-45H,3-4,9-12,14,21-24,27H2. The van der Waals surface area contributed by atoms with Crippen molar-refractivity contribution in [1.29, 1.82) is 0 Å². The second kappa shape index (κ2) is 15.7. The SMILES string of the molecule is C1=Cc2c(oc3c(N(c4ccc(-c5ccccc5)cc4)C4CCCCC4)c4oc5cc6c(N(c7ccc(-c8ccccc8)cc7)C7CCCCC7)cccc6cc5c4cc23)CC1. The second-order valence-electron chi connectivity index (χ2n) is 18.0. The quantitative estimate of drug-likeness (QED) is 0.153. The first-order valence-electron chi connectivity index (χ1n) is 23.2. The van der Waals surface area contributed by atoms with Crippen LogP contribution in [-0.2, 0) is 6.42 Å². The Hall–Kier alpha value is -6.52. The molecule has 4 heteroatoms. The zero-order valence-electron chi connectivity index (χ0n) is 35.4. The number of fused-ring (bicyclic) bond motifs is 7. The molecular formula is C58H52N2O2. The van der Waals surface area contributed by atoms with Crippen LogP contribution in [0.4, 0.5) is 22.7 Å². The summed E-state index contributed by atoms with van der Waals surface area (Å²) in [6.45, 7) is 0. The second-order valence-corrected chi connectivity index (χ2v) is 18.0. The Labute approximate surface area is 364 Å². The van der Waals surface area contributed by atoms with Gasteiger partial charge in [0.1, 0.15) is 17.0 Å². The summed E-state index contributed by atoms with van der Waals surface area (Å²) in [5.41, 5.74) is 13.7. The van der Waals surface area contributed by atoms with Gasteiger partial charge in [-0.15, -0.1) is 0 Å². The molecule has 12 rings (SSSR count). The number of hydrogen-bond donors (Lipinski definition) is 0. The van der Waals surface area contributed by atoms with E-state index >= 15 is 0 Å². The highest BCUT2D eigenvalue weighted by atomic mass is 16.3. The van der Waals surface area contributed by atoms with Crippen LogP contribution in [-0.4, -0.2) is 12.1 Å². The van der Waals surface area contributed by atoms with Gasteiger partial charge in [0.2, 0.25) is 0 Å². The van der Waals surface area contributed by atoms with Crippen LogP contribution >= 0.6 is 0 Å². The largest absolute Gasteiger partial charge is 0.458 e. The number of benzene rings is 7. The lowest BCUT2D eigenvalue weighted by Gasteiger charge is -2.37. The number of nitrogens with zero attached hydrogens (tertiary/aromatic N) is 2. The topological polar surface area (TPSA) is 32.8 Å². The van der Waals surface area contributed by atoms with Gasteiger partial charge in [-0.3, -0.25) is 0 Å². The molecule has 2 saturated carbocycles. The summed E-state index contributed by atoms with van der Waals surface area (Å²) in [6.07, 6.45) is 18.7. The van der Waals surface area contributed by atoms with Crippen molar-refractivity contribution in [3.63, 3.8) is 0 Å². The lowest BCUT2D eigenvalue weighted by molar-refractivity contribution is 0.435. The number of aryl methyl sites for hydroxylation is 1. The monoisotopic (exact) mass is 808 g/mol. The Balaban J connectivity index is 1.06. The van der Waals surface area contributed by atoms with Crippen molar-refractivity contribution in [2.75, 3.05) is 9.80 Å². The first kappa shape index (κ1) is 37.3. The number of rotatable bonds is 8. The van der Waals surface area contributed by atoms with E-state index < -0.39 is 0 Å². The van der Waals surface area contributed by atoms with Crippen LogP contribution in [0.25, 0.3) is 72.0 Å². The van der Waals surface area contributed by atoms with Gasteiger partial charge in [-0.2, -0.15) is 0 Å². The molecule has 3 aliphatic carbocycles. The smallest absolute Gasteiger partial charge is 0.162 e. The molecular weight excluding hydrogens is 757 g/mol. The molecule has 0 bridgehead atoms. The molecule has 2 heterocycles. The van der Waals surface area contributed by atoms with Crippen molar-refractivity contribution in [1.82, 2.24) is 0 Å². The minimum absolute atomic E-state index is 0.328. The summed E-state index contributed by atoms with van der Waals surface area (Å²) in [4.78, 5) is 5.25. The van der Waals surface area contributed by atoms with E-state index in [1.165, 1.54) is 112 Å². The van der Waals surface area contributed by atoms with E-state index in [1.807, 2.05) is 0 Å². The van der Waals surface area contributed by atoms with Crippen LogP contribution in [0, 0.1) is 0 Å². The Kier molecular flexibility index (Phi) is 9.46. The van der Waals surface area contributed by atoms with E-state index in [4.69, 9.17) is 8.83 Å². The van der Waals surface area contributed by atoms with Crippen LogP contribution in [0.1, 0.15) is 82.0 Å². The number of allylic oxidation sites excluding steroid dienone is 1. The molecule has 3 aliphatic rings. The molecule has 0 amide bonds. The van der Waals surface area contributed by atoms with E-state index in [1.54, 1.807) is 0 Å². The lowest BCUT2D eigenvalue weighted by Crippen LogP contribution is -2.33. The fourth-order valence-electron chi connectivity index (χ4n) is 11.1. The highest BCUT2D eigenvalue weighted by Gasteiger charge is 2.32. The Morgan fingerprint density at radius 1 is 0.452 bits per heavy atom. The molecule has 4 nitrogen and oxygen atoms in total. The first-order chi connectivity index (χ1) is 30.7. The fourth-order valence-corrected chi connectivity index (χ4v) is 11.1. The Morgan fingerprint density at radius 3 is 1.68 bits per heavy atom. The van der Waals surface area contributed by atoms with Gasteiger partial charge in [0, 0.05) is 62.7 Å². The van der Waals surface area contributed by atoms with Gasteiger partial charge in [0.15, 0.2) is 11.2 Å². The van der Waals surface area contributed by atoms with Crippen molar-refractivity contribution in [3.8, 4) is 22.3 Å². The summed E-state index contributed by atoms with van der Waals surface area (Å²) in [7, 11) is 0. The average Bonchev–Trinajstić information content (AvgIpc) is 3.90. The summed E-state index contributed by atoms with van der Waals surface area (Å²) in [5.74, 6) is 1.08. The predicted molar refractivity (Wildman–Crippen MR) is 260 cm³/mol. The van der Waals surface area contributed by atoms with Gasteiger partial charge in [-0.1, -0.05) is 148 Å².